The van der Waals surface area contributed by atoms with Crippen LogP contribution in [-0.4, -0.2) is 7.11 Å². The Labute approximate surface area is 136 Å². The number of alkyl halides is 1. The first-order valence-corrected chi connectivity index (χ1v) is 8.13. The Balaban J connectivity index is 2.15. The number of halogens is 2. The minimum atomic E-state index is 0.340. The van der Waals surface area contributed by atoms with E-state index in [1.807, 2.05) is 12.1 Å². The van der Waals surface area contributed by atoms with Gasteiger partial charge in [-0.2, -0.15) is 0 Å². The van der Waals surface area contributed by atoms with Crippen molar-refractivity contribution in [1.82, 2.24) is 0 Å². The Morgan fingerprint density at radius 3 is 2.47 bits per heavy atom. The molecule has 1 nitrogen and oxygen atoms in total. The van der Waals surface area contributed by atoms with Gasteiger partial charge in [0.15, 0.2) is 0 Å². The average Bonchev–Trinajstić information content (AvgIpc) is 2.42. The molecular formula is C16H16BrIO. The molecule has 0 fully saturated rings. The van der Waals surface area contributed by atoms with Crippen molar-refractivity contribution < 1.29 is 4.74 Å². The topological polar surface area (TPSA) is 9.23 Å². The Hall–Kier alpha value is -0.550. The first-order valence-electron chi connectivity index (χ1n) is 6.14. The van der Waals surface area contributed by atoms with E-state index < -0.39 is 0 Å². The quantitative estimate of drug-likeness (QED) is 0.473. The SMILES string of the molecule is COc1ccc(CC(Br)c2cccc(C)c2I)cc1. The molecule has 0 radical (unpaired) electrons. The smallest absolute Gasteiger partial charge is 0.118 e. The molecule has 2 rings (SSSR count). The molecule has 0 aliphatic carbocycles. The van der Waals surface area contributed by atoms with E-state index in [0.717, 1.165) is 12.2 Å². The van der Waals surface area contributed by atoms with Gasteiger partial charge in [-0.3, -0.25) is 0 Å². The van der Waals surface area contributed by atoms with Crippen molar-refractivity contribution in [1.29, 1.82) is 0 Å². The minimum absolute atomic E-state index is 0.340. The summed E-state index contributed by atoms with van der Waals surface area (Å²) >= 11 is 6.23. The number of rotatable bonds is 4. The highest BCUT2D eigenvalue weighted by molar-refractivity contribution is 14.1. The molecular weight excluding hydrogens is 415 g/mol. The van der Waals surface area contributed by atoms with E-state index in [1.165, 1.54) is 20.3 Å². The Morgan fingerprint density at radius 1 is 1.16 bits per heavy atom. The van der Waals surface area contributed by atoms with Crippen molar-refractivity contribution in [2.75, 3.05) is 7.11 Å². The second-order valence-corrected chi connectivity index (χ2v) is 6.68. The molecule has 19 heavy (non-hydrogen) atoms. The van der Waals surface area contributed by atoms with Crippen LogP contribution in [0.4, 0.5) is 0 Å². The van der Waals surface area contributed by atoms with Crippen LogP contribution in [0.15, 0.2) is 42.5 Å². The van der Waals surface area contributed by atoms with Gasteiger partial charge in [0.05, 0.1) is 7.11 Å². The van der Waals surface area contributed by atoms with Crippen molar-refractivity contribution in [3.63, 3.8) is 0 Å². The van der Waals surface area contributed by atoms with Crippen LogP contribution in [-0.2, 0) is 6.42 Å². The molecule has 0 amide bonds. The van der Waals surface area contributed by atoms with Gasteiger partial charge in [0.2, 0.25) is 0 Å². The predicted octanol–water partition coefficient (Wildman–Crippen LogP) is 5.29. The van der Waals surface area contributed by atoms with Crippen LogP contribution in [0.2, 0.25) is 0 Å². The van der Waals surface area contributed by atoms with Crippen LogP contribution in [0, 0.1) is 10.5 Å². The summed E-state index contributed by atoms with van der Waals surface area (Å²) in [6.07, 6.45) is 0.976. The zero-order valence-electron chi connectivity index (χ0n) is 11.0. The maximum Gasteiger partial charge on any atom is 0.118 e. The van der Waals surface area contributed by atoms with Crippen molar-refractivity contribution in [3.8, 4) is 5.75 Å². The molecule has 1 unspecified atom stereocenters. The fourth-order valence-electron chi connectivity index (χ4n) is 1.99. The van der Waals surface area contributed by atoms with E-state index in [4.69, 9.17) is 4.74 Å². The molecule has 0 spiro atoms. The normalized spacial score (nSPS) is 12.2. The molecule has 2 aromatic carbocycles. The summed E-state index contributed by atoms with van der Waals surface area (Å²) in [5, 5.41) is 0. The van der Waals surface area contributed by atoms with Gasteiger partial charge >= 0.3 is 0 Å². The van der Waals surface area contributed by atoms with Crippen LogP contribution in [0.1, 0.15) is 21.5 Å². The van der Waals surface area contributed by atoms with Crippen LogP contribution in [0.5, 0.6) is 5.75 Å². The first kappa shape index (κ1) is 14.9. The summed E-state index contributed by atoms with van der Waals surface area (Å²) in [6.45, 7) is 2.15. The van der Waals surface area contributed by atoms with Gasteiger partial charge < -0.3 is 4.74 Å². The highest BCUT2D eigenvalue weighted by Gasteiger charge is 2.13. The number of benzene rings is 2. The first-order chi connectivity index (χ1) is 9.11. The van der Waals surface area contributed by atoms with Crippen LogP contribution < -0.4 is 4.74 Å². The zero-order chi connectivity index (χ0) is 13.8. The lowest BCUT2D eigenvalue weighted by molar-refractivity contribution is 0.414. The lowest BCUT2D eigenvalue weighted by Crippen LogP contribution is -1.99. The highest BCUT2D eigenvalue weighted by Crippen LogP contribution is 2.32. The summed E-state index contributed by atoms with van der Waals surface area (Å²) in [5.41, 5.74) is 3.99. The average molecular weight is 431 g/mol. The van der Waals surface area contributed by atoms with Crippen molar-refractivity contribution in [2.45, 2.75) is 18.2 Å². The van der Waals surface area contributed by atoms with Crippen molar-refractivity contribution in [3.05, 3.63) is 62.7 Å². The van der Waals surface area contributed by atoms with Crippen LogP contribution in [0.25, 0.3) is 0 Å². The van der Waals surface area contributed by atoms with E-state index in [1.54, 1.807) is 7.11 Å². The number of hydrogen-bond acceptors (Lipinski definition) is 1. The maximum absolute atomic E-state index is 5.18. The van der Waals surface area contributed by atoms with E-state index in [-0.39, 0.29) is 0 Å². The zero-order valence-corrected chi connectivity index (χ0v) is 14.7. The standard InChI is InChI=1S/C16H16BrIO/c1-11-4-3-5-14(16(11)18)15(17)10-12-6-8-13(19-2)9-7-12/h3-9,15H,10H2,1-2H3. The Kier molecular flexibility index (Phi) is 5.28. The fraction of sp³-hybridized carbons (Fsp3) is 0.250. The predicted molar refractivity (Wildman–Crippen MR) is 92.3 cm³/mol. The van der Waals surface area contributed by atoms with Crippen molar-refractivity contribution in [2.24, 2.45) is 0 Å². The van der Waals surface area contributed by atoms with Gasteiger partial charge in [-0.1, -0.05) is 46.3 Å². The third-order valence-electron chi connectivity index (χ3n) is 3.13. The van der Waals surface area contributed by atoms with E-state index in [9.17, 15) is 0 Å². The van der Waals surface area contributed by atoms with Gasteiger partial charge in [-0.25, -0.2) is 0 Å². The largest absolute Gasteiger partial charge is 0.497 e. The van der Waals surface area contributed by atoms with E-state index in [2.05, 4.69) is 75.8 Å². The monoisotopic (exact) mass is 430 g/mol. The number of aryl methyl sites for hydroxylation is 1. The third-order valence-corrected chi connectivity index (χ3v) is 5.42. The van der Waals surface area contributed by atoms with E-state index >= 15 is 0 Å². The van der Waals surface area contributed by atoms with Gasteiger partial charge in [0.1, 0.15) is 5.75 Å². The molecule has 0 heterocycles. The molecule has 0 aliphatic rings. The maximum atomic E-state index is 5.18. The second-order valence-electron chi connectivity index (χ2n) is 4.50. The molecule has 0 bridgehead atoms. The fourth-order valence-corrected chi connectivity index (χ4v) is 3.91. The van der Waals surface area contributed by atoms with Gasteiger partial charge in [-0.05, 0) is 64.8 Å². The molecule has 0 N–H and O–H groups in total. The molecule has 0 aromatic heterocycles. The Bertz CT molecular complexity index is 551. The van der Waals surface area contributed by atoms with Crippen LogP contribution in [0.3, 0.4) is 0 Å². The summed E-state index contributed by atoms with van der Waals surface area (Å²) in [6, 6.07) is 14.7. The number of hydrogen-bond donors (Lipinski definition) is 0. The van der Waals surface area contributed by atoms with Gasteiger partial charge in [0, 0.05) is 8.40 Å². The molecule has 2 aromatic rings. The lowest BCUT2D eigenvalue weighted by atomic mass is 10.0. The molecule has 0 saturated heterocycles. The number of ether oxygens (including phenoxy) is 1. The second kappa shape index (κ2) is 6.75. The lowest BCUT2D eigenvalue weighted by Gasteiger charge is -2.14. The summed E-state index contributed by atoms with van der Waals surface area (Å²) in [4.78, 5) is 0.340. The highest BCUT2D eigenvalue weighted by atomic mass is 127. The molecule has 0 saturated carbocycles. The Morgan fingerprint density at radius 2 is 1.84 bits per heavy atom. The summed E-state index contributed by atoms with van der Waals surface area (Å²) < 4.78 is 6.52. The summed E-state index contributed by atoms with van der Waals surface area (Å²) in [7, 11) is 1.69. The molecule has 1 atom stereocenters. The van der Waals surface area contributed by atoms with Gasteiger partial charge in [0.25, 0.3) is 0 Å². The van der Waals surface area contributed by atoms with Crippen molar-refractivity contribution >= 4 is 38.5 Å². The molecule has 0 aliphatic heterocycles. The third kappa shape index (κ3) is 3.72. The molecule has 100 valence electrons. The van der Waals surface area contributed by atoms with Crippen LogP contribution >= 0.6 is 38.5 Å². The van der Waals surface area contributed by atoms with Gasteiger partial charge in [-0.15, -0.1) is 0 Å². The number of methoxy groups -OCH3 is 1. The summed E-state index contributed by atoms with van der Waals surface area (Å²) in [5.74, 6) is 0.903. The molecule has 3 heteroatoms. The van der Waals surface area contributed by atoms with E-state index in [0.29, 0.717) is 4.83 Å². The minimum Gasteiger partial charge on any atom is -0.497 e.